The van der Waals surface area contributed by atoms with Gasteiger partial charge in [-0.15, -0.1) is 0 Å². The van der Waals surface area contributed by atoms with Crippen molar-refractivity contribution in [3.8, 4) is 0 Å². The first-order chi connectivity index (χ1) is 7.94. The van der Waals surface area contributed by atoms with Crippen LogP contribution in [0.25, 0.3) is 0 Å². The molecule has 2 N–H and O–H groups in total. The summed E-state index contributed by atoms with van der Waals surface area (Å²) < 4.78 is 15.5. The predicted octanol–water partition coefficient (Wildman–Crippen LogP) is 1.96. The number of hydrogen-bond acceptors (Lipinski definition) is 2. The van der Waals surface area contributed by atoms with E-state index in [9.17, 15) is 4.21 Å². The summed E-state index contributed by atoms with van der Waals surface area (Å²) in [4.78, 5) is 0. The number of hydrogen-bond donors (Lipinski definition) is 2. The topological polar surface area (TPSA) is 41.1 Å². The van der Waals surface area contributed by atoms with Crippen LogP contribution in [0.2, 0.25) is 0 Å². The molecule has 2 rings (SSSR count). The van der Waals surface area contributed by atoms with Crippen molar-refractivity contribution in [3.05, 3.63) is 0 Å². The Morgan fingerprint density at radius 3 is 2.47 bits per heavy atom. The van der Waals surface area contributed by atoms with E-state index in [1.807, 2.05) is 20.8 Å². The van der Waals surface area contributed by atoms with Crippen molar-refractivity contribution in [2.75, 3.05) is 13.1 Å². The average molecular weight is 258 g/mol. The monoisotopic (exact) mass is 258 g/mol. The standard InChI is InChI=1S/C13H26N2OS/c1-12(2,3)17(16)15-11-5-4-6-13(11)7-9-14-10-8-13/h11,14-15H,4-10H2,1-3H3. The molecule has 1 aliphatic heterocycles. The molecule has 0 amide bonds. The molecule has 0 radical (unpaired) electrons. The van der Waals surface area contributed by atoms with Gasteiger partial charge >= 0.3 is 0 Å². The molecule has 4 heteroatoms. The van der Waals surface area contributed by atoms with E-state index in [2.05, 4.69) is 10.0 Å². The minimum Gasteiger partial charge on any atom is -0.317 e. The van der Waals surface area contributed by atoms with E-state index >= 15 is 0 Å². The Morgan fingerprint density at radius 2 is 1.88 bits per heavy atom. The average Bonchev–Trinajstić information content (AvgIpc) is 2.61. The van der Waals surface area contributed by atoms with E-state index < -0.39 is 11.0 Å². The fourth-order valence-corrected chi connectivity index (χ4v) is 4.13. The van der Waals surface area contributed by atoms with Crippen molar-refractivity contribution in [1.82, 2.24) is 10.0 Å². The Hall–Kier alpha value is 0.0700. The van der Waals surface area contributed by atoms with Crippen LogP contribution in [-0.4, -0.2) is 28.1 Å². The fourth-order valence-electron chi connectivity index (χ4n) is 3.15. The summed E-state index contributed by atoms with van der Waals surface area (Å²) in [6, 6.07) is 0.463. The second-order valence-corrected chi connectivity index (χ2v) is 8.55. The maximum absolute atomic E-state index is 12.2. The Labute approximate surface area is 108 Å². The summed E-state index contributed by atoms with van der Waals surface area (Å²) in [6.45, 7) is 8.38. The van der Waals surface area contributed by atoms with Crippen molar-refractivity contribution >= 4 is 11.0 Å². The van der Waals surface area contributed by atoms with E-state index in [0.717, 1.165) is 13.1 Å². The van der Waals surface area contributed by atoms with E-state index in [1.54, 1.807) is 0 Å². The Balaban J connectivity index is 2.02. The third-order valence-corrected chi connectivity index (χ3v) is 5.92. The van der Waals surface area contributed by atoms with Gasteiger partial charge in [0, 0.05) is 6.04 Å². The van der Waals surface area contributed by atoms with Crippen LogP contribution < -0.4 is 10.0 Å². The van der Waals surface area contributed by atoms with Crippen LogP contribution in [0.5, 0.6) is 0 Å². The van der Waals surface area contributed by atoms with Crippen molar-refractivity contribution in [3.63, 3.8) is 0 Å². The molecule has 0 aromatic heterocycles. The van der Waals surface area contributed by atoms with Gasteiger partial charge in [-0.25, -0.2) is 8.93 Å². The van der Waals surface area contributed by atoms with Crippen LogP contribution >= 0.6 is 0 Å². The minimum absolute atomic E-state index is 0.156. The summed E-state index contributed by atoms with van der Waals surface area (Å²) in [5.41, 5.74) is 0.423. The van der Waals surface area contributed by atoms with Crippen molar-refractivity contribution in [2.24, 2.45) is 5.41 Å². The first-order valence-electron chi connectivity index (χ1n) is 6.83. The first-order valence-corrected chi connectivity index (χ1v) is 7.98. The number of piperidine rings is 1. The lowest BCUT2D eigenvalue weighted by molar-refractivity contribution is 0.175. The van der Waals surface area contributed by atoms with E-state index in [1.165, 1.54) is 32.1 Å². The number of rotatable bonds is 2. The van der Waals surface area contributed by atoms with Gasteiger partial charge in [0.15, 0.2) is 0 Å². The molecule has 17 heavy (non-hydrogen) atoms. The Morgan fingerprint density at radius 1 is 1.24 bits per heavy atom. The summed E-state index contributed by atoms with van der Waals surface area (Å²) in [5.74, 6) is 0. The van der Waals surface area contributed by atoms with Gasteiger partial charge in [-0.2, -0.15) is 0 Å². The van der Waals surface area contributed by atoms with Gasteiger partial charge in [-0.1, -0.05) is 6.42 Å². The normalized spacial score (nSPS) is 30.6. The smallest absolute Gasteiger partial charge is 0.0972 e. The highest BCUT2D eigenvalue weighted by Gasteiger charge is 2.44. The molecular weight excluding hydrogens is 232 g/mol. The van der Waals surface area contributed by atoms with Crippen LogP contribution in [0.4, 0.5) is 0 Å². The highest BCUT2D eigenvalue weighted by atomic mass is 32.2. The quantitative estimate of drug-likeness (QED) is 0.795. The summed E-state index contributed by atoms with van der Waals surface area (Å²) in [6.07, 6.45) is 6.28. The second kappa shape index (κ2) is 4.98. The van der Waals surface area contributed by atoms with Gasteiger partial charge in [-0.3, -0.25) is 0 Å². The number of nitrogens with one attached hydrogen (secondary N) is 2. The fraction of sp³-hybridized carbons (Fsp3) is 1.00. The molecule has 3 nitrogen and oxygen atoms in total. The first kappa shape index (κ1) is 13.5. The van der Waals surface area contributed by atoms with Crippen molar-refractivity contribution < 1.29 is 4.21 Å². The molecule has 2 fully saturated rings. The van der Waals surface area contributed by atoms with Gasteiger partial charge in [0.2, 0.25) is 0 Å². The molecule has 2 atom stereocenters. The van der Waals surface area contributed by atoms with Gasteiger partial charge in [-0.05, 0) is 65.0 Å². The van der Waals surface area contributed by atoms with Crippen LogP contribution in [0.15, 0.2) is 0 Å². The maximum Gasteiger partial charge on any atom is 0.0972 e. The molecular formula is C13H26N2OS. The second-order valence-electron chi connectivity index (χ2n) is 6.56. The lowest BCUT2D eigenvalue weighted by Gasteiger charge is -2.40. The van der Waals surface area contributed by atoms with Crippen LogP contribution in [-0.2, 0) is 11.0 Å². The molecule has 1 saturated heterocycles. The molecule has 100 valence electrons. The third kappa shape index (κ3) is 2.91. The molecule has 1 heterocycles. The largest absolute Gasteiger partial charge is 0.317 e. The highest BCUT2D eigenvalue weighted by molar-refractivity contribution is 7.84. The summed E-state index contributed by atoms with van der Waals surface area (Å²) in [7, 11) is -0.925. The predicted molar refractivity (Wildman–Crippen MR) is 73.2 cm³/mol. The zero-order valence-corrected chi connectivity index (χ0v) is 12.2. The van der Waals surface area contributed by atoms with E-state index in [0.29, 0.717) is 11.5 Å². The zero-order chi connectivity index (χ0) is 12.5. The molecule has 2 aliphatic rings. The lowest BCUT2D eigenvalue weighted by Crippen LogP contribution is -2.50. The molecule has 1 aliphatic carbocycles. The molecule has 1 saturated carbocycles. The summed E-state index contributed by atoms with van der Waals surface area (Å²) >= 11 is 0. The summed E-state index contributed by atoms with van der Waals surface area (Å²) in [5, 5.41) is 3.44. The van der Waals surface area contributed by atoms with Crippen LogP contribution in [0, 0.1) is 5.41 Å². The minimum atomic E-state index is -0.925. The van der Waals surface area contributed by atoms with Gasteiger partial charge in [0.25, 0.3) is 0 Å². The SMILES string of the molecule is CC(C)(C)S(=O)NC1CCCC12CCNCC2. The Kier molecular flexibility index (Phi) is 3.96. The van der Waals surface area contributed by atoms with Crippen molar-refractivity contribution in [1.29, 1.82) is 0 Å². The highest BCUT2D eigenvalue weighted by Crippen LogP contribution is 2.45. The molecule has 0 bridgehead atoms. The zero-order valence-electron chi connectivity index (χ0n) is 11.3. The molecule has 0 aromatic rings. The van der Waals surface area contributed by atoms with Gasteiger partial charge < -0.3 is 5.32 Å². The maximum atomic E-state index is 12.2. The molecule has 1 spiro atoms. The third-order valence-electron chi connectivity index (χ3n) is 4.31. The van der Waals surface area contributed by atoms with Crippen molar-refractivity contribution in [2.45, 2.75) is 63.7 Å². The van der Waals surface area contributed by atoms with Gasteiger partial charge in [0.1, 0.15) is 0 Å². The van der Waals surface area contributed by atoms with Crippen LogP contribution in [0.3, 0.4) is 0 Å². The molecule has 2 unspecified atom stereocenters. The van der Waals surface area contributed by atoms with E-state index in [4.69, 9.17) is 0 Å². The lowest BCUT2D eigenvalue weighted by atomic mass is 9.75. The molecule has 0 aromatic carbocycles. The Bertz CT molecular complexity index is 292. The van der Waals surface area contributed by atoms with E-state index in [-0.39, 0.29) is 4.75 Å². The van der Waals surface area contributed by atoms with Gasteiger partial charge in [0.05, 0.1) is 15.7 Å². The van der Waals surface area contributed by atoms with Crippen LogP contribution in [0.1, 0.15) is 52.9 Å².